The lowest BCUT2D eigenvalue weighted by molar-refractivity contribution is -0.128. The minimum atomic E-state index is -3.38. The molecule has 1 amide bonds. The molecule has 1 aliphatic rings. The molecule has 0 spiro atoms. The van der Waals surface area contributed by atoms with E-state index in [9.17, 15) is 22.0 Å². The van der Waals surface area contributed by atoms with Crippen molar-refractivity contribution in [2.75, 3.05) is 32.0 Å². The molecule has 1 saturated heterocycles. The lowest BCUT2D eigenvalue weighted by atomic mass is 9.99. The Labute approximate surface area is 123 Å². The number of aliphatic hydroxyl groups is 1. The van der Waals surface area contributed by atoms with Crippen LogP contribution in [0.15, 0.2) is 0 Å². The van der Waals surface area contributed by atoms with E-state index in [1.807, 2.05) is 0 Å². The zero-order chi connectivity index (χ0) is 16.1. The molecule has 1 rings (SSSR count). The maximum absolute atomic E-state index is 12.9. The van der Waals surface area contributed by atoms with Crippen LogP contribution in [0.25, 0.3) is 0 Å². The third-order valence-corrected chi connectivity index (χ3v) is 5.41. The molecule has 9 heteroatoms. The summed E-state index contributed by atoms with van der Waals surface area (Å²) in [5.74, 6) is -4.57. The number of piperidine rings is 1. The van der Waals surface area contributed by atoms with Gasteiger partial charge in [0, 0.05) is 13.1 Å². The molecule has 0 aromatic rings. The van der Waals surface area contributed by atoms with Gasteiger partial charge in [0.2, 0.25) is 15.9 Å². The number of sulfonamides is 1. The number of carbonyl (C=O) groups excluding carboxylic acids is 1. The van der Waals surface area contributed by atoms with Crippen molar-refractivity contribution in [3.8, 4) is 0 Å². The van der Waals surface area contributed by atoms with E-state index in [0.717, 1.165) is 0 Å². The van der Waals surface area contributed by atoms with E-state index in [4.69, 9.17) is 5.11 Å². The fraction of sp³-hybridized carbons (Fsp3) is 0.917. The van der Waals surface area contributed by atoms with Crippen molar-refractivity contribution in [3.05, 3.63) is 0 Å². The van der Waals surface area contributed by atoms with Crippen molar-refractivity contribution in [3.63, 3.8) is 0 Å². The molecule has 6 nitrogen and oxygen atoms in total. The highest BCUT2D eigenvalue weighted by atomic mass is 32.2. The highest BCUT2D eigenvalue weighted by Crippen LogP contribution is 2.20. The number of hydrogen-bond donors (Lipinski definition) is 2. The van der Waals surface area contributed by atoms with Gasteiger partial charge >= 0.3 is 0 Å². The Hall–Kier alpha value is -0.800. The molecule has 0 unspecified atom stereocenters. The average molecular weight is 328 g/mol. The van der Waals surface area contributed by atoms with Gasteiger partial charge in [-0.05, 0) is 19.3 Å². The van der Waals surface area contributed by atoms with Crippen LogP contribution in [0.4, 0.5) is 8.78 Å². The van der Waals surface area contributed by atoms with Crippen LogP contribution in [0.5, 0.6) is 0 Å². The van der Waals surface area contributed by atoms with Crippen LogP contribution in [-0.4, -0.2) is 61.7 Å². The first kappa shape index (κ1) is 18.2. The van der Waals surface area contributed by atoms with Crippen LogP contribution in [0.3, 0.4) is 0 Å². The zero-order valence-corrected chi connectivity index (χ0v) is 12.8. The second-order valence-corrected chi connectivity index (χ2v) is 7.33. The standard InChI is InChI=1S/C12H22F2N2O4S/c1-2-6-21(19,20)16-5-3-4-10(7-16)11(18)15-8-12(13,14)9-17/h10,17H,2-9H2,1H3,(H,15,18)/t10-/m1/s1. The third-order valence-electron chi connectivity index (χ3n) is 3.36. The predicted molar refractivity (Wildman–Crippen MR) is 73.4 cm³/mol. The van der Waals surface area contributed by atoms with E-state index in [-0.39, 0.29) is 12.3 Å². The van der Waals surface area contributed by atoms with E-state index >= 15 is 0 Å². The highest BCUT2D eigenvalue weighted by Gasteiger charge is 2.34. The summed E-state index contributed by atoms with van der Waals surface area (Å²) in [6, 6.07) is 0. The topological polar surface area (TPSA) is 86.7 Å². The Morgan fingerprint density at radius 1 is 1.48 bits per heavy atom. The van der Waals surface area contributed by atoms with Gasteiger partial charge < -0.3 is 10.4 Å². The van der Waals surface area contributed by atoms with Gasteiger partial charge in [0.25, 0.3) is 5.92 Å². The Kier molecular flexibility index (Phi) is 6.48. The van der Waals surface area contributed by atoms with Crippen LogP contribution < -0.4 is 5.32 Å². The molecule has 2 N–H and O–H groups in total. The van der Waals surface area contributed by atoms with Gasteiger partial charge in [-0.1, -0.05) is 6.92 Å². The molecule has 1 heterocycles. The van der Waals surface area contributed by atoms with E-state index < -0.39 is 40.9 Å². The Morgan fingerprint density at radius 3 is 2.71 bits per heavy atom. The SMILES string of the molecule is CCCS(=O)(=O)N1CCC[C@@H](C(=O)NCC(F)(F)CO)C1. The molecule has 1 atom stereocenters. The Morgan fingerprint density at radius 2 is 2.14 bits per heavy atom. The van der Waals surface area contributed by atoms with Crippen molar-refractivity contribution in [1.29, 1.82) is 0 Å². The van der Waals surface area contributed by atoms with Crippen molar-refractivity contribution in [1.82, 2.24) is 9.62 Å². The molecule has 0 aromatic carbocycles. The molecule has 0 radical (unpaired) electrons. The summed E-state index contributed by atoms with van der Waals surface area (Å²) < 4.78 is 50.9. The third kappa shape index (κ3) is 5.48. The van der Waals surface area contributed by atoms with Gasteiger partial charge in [0.1, 0.15) is 6.61 Å². The minimum Gasteiger partial charge on any atom is -0.390 e. The van der Waals surface area contributed by atoms with E-state index in [2.05, 4.69) is 5.32 Å². The first-order valence-corrected chi connectivity index (χ1v) is 8.57. The lowest BCUT2D eigenvalue weighted by Crippen LogP contribution is -2.48. The number of nitrogens with zero attached hydrogens (tertiary/aromatic N) is 1. The predicted octanol–water partition coefficient (Wildman–Crippen LogP) is 0.182. The van der Waals surface area contributed by atoms with Gasteiger partial charge in [0.05, 0.1) is 18.2 Å². The number of halogens is 2. The van der Waals surface area contributed by atoms with Crippen LogP contribution in [-0.2, 0) is 14.8 Å². The highest BCUT2D eigenvalue weighted by molar-refractivity contribution is 7.89. The van der Waals surface area contributed by atoms with Crippen molar-refractivity contribution >= 4 is 15.9 Å². The molecule has 0 aromatic heterocycles. The van der Waals surface area contributed by atoms with E-state index in [1.165, 1.54) is 4.31 Å². The fourth-order valence-electron chi connectivity index (χ4n) is 2.21. The number of aliphatic hydroxyl groups excluding tert-OH is 1. The van der Waals surface area contributed by atoms with Gasteiger partial charge in [-0.3, -0.25) is 4.79 Å². The van der Waals surface area contributed by atoms with Crippen LogP contribution in [0.1, 0.15) is 26.2 Å². The van der Waals surface area contributed by atoms with Gasteiger partial charge in [-0.25, -0.2) is 21.5 Å². The summed E-state index contributed by atoms with van der Waals surface area (Å²) in [6.45, 7) is -0.143. The Balaban J connectivity index is 2.58. The quantitative estimate of drug-likeness (QED) is 0.698. The first-order valence-electron chi connectivity index (χ1n) is 6.96. The smallest absolute Gasteiger partial charge is 0.287 e. The largest absolute Gasteiger partial charge is 0.390 e. The number of carbonyl (C=O) groups is 1. The lowest BCUT2D eigenvalue weighted by Gasteiger charge is -2.31. The summed E-state index contributed by atoms with van der Waals surface area (Å²) in [5.41, 5.74) is 0. The molecule has 0 aliphatic carbocycles. The van der Waals surface area contributed by atoms with Crippen LogP contribution in [0.2, 0.25) is 0 Å². The number of hydrogen-bond acceptors (Lipinski definition) is 4. The number of amides is 1. The van der Waals surface area contributed by atoms with Gasteiger partial charge in [0.15, 0.2) is 0 Å². The van der Waals surface area contributed by atoms with Gasteiger partial charge in [-0.15, -0.1) is 0 Å². The molecule has 1 aliphatic heterocycles. The molecular formula is C12H22F2N2O4S. The second-order valence-electron chi connectivity index (χ2n) is 5.25. The van der Waals surface area contributed by atoms with Crippen molar-refractivity contribution in [2.45, 2.75) is 32.1 Å². The van der Waals surface area contributed by atoms with Crippen molar-refractivity contribution < 1.29 is 27.1 Å². The van der Waals surface area contributed by atoms with Crippen molar-refractivity contribution in [2.24, 2.45) is 5.92 Å². The number of nitrogens with one attached hydrogen (secondary N) is 1. The molecule has 1 fully saturated rings. The fourth-order valence-corrected chi connectivity index (χ4v) is 3.80. The molecule has 21 heavy (non-hydrogen) atoms. The van der Waals surface area contributed by atoms with Crippen LogP contribution in [0, 0.1) is 5.92 Å². The summed E-state index contributed by atoms with van der Waals surface area (Å²) in [5, 5.41) is 10.5. The van der Waals surface area contributed by atoms with E-state index in [0.29, 0.717) is 25.8 Å². The number of rotatable bonds is 7. The zero-order valence-electron chi connectivity index (χ0n) is 12.0. The minimum absolute atomic E-state index is 0.0178. The monoisotopic (exact) mass is 328 g/mol. The maximum atomic E-state index is 12.9. The normalized spacial score (nSPS) is 21.2. The summed E-state index contributed by atoms with van der Waals surface area (Å²) in [4.78, 5) is 11.8. The average Bonchev–Trinajstić information content (AvgIpc) is 2.45. The molecule has 0 saturated carbocycles. The second kappa shape index (κ2) is 7.46. The summed E-state index contributed by atoms with van der Waals surface area (Å²) in [6.07, 6.45) is 1.48. The van der Waals surface area contributed by atoms with Crippen LogP contribution >= 0.6 is 0 Å². The number of alkyl halides is 2. The molecule has 124 valence electrons. The molecule has 0 bridgehead atoms. The maximum Gasteiger partial charge on any atom is 0.287 e. The summed E-state index contributed by atoms with van der Waals surface area (Å²) in [7, 11) is -3.38. The molecular weight excluding hydrogens is 306 g/mol. The van der Waals surface area contributed by atoms with Gasteiger partial charge in [-0.2, -0.15) is 0 Å². The first-order chi connectivity index (χ1) is 9.72. The Bertz CT molecular complexity index is 456. The summed E-state index contributed by atoms with van der Waals surface area (Å²) >= 11 is 0. The van der Waals surface area contributed by atoms with E-state index in [1.54, 1.807) is 6.92 Å².